The van der Waals surface area contributed by atoms with Crippen LogP contribution in [0.3, 0.4) is 0 Å². The number of nitrogens with one attached hydrogen (secondary N) is 5. The SMILES string of the molecule is CNC(=O)/C(NC)=C(/C=N)NC(=O)c1nc(C2CC2)ncc1Nc1cncnc1. The summed E-state index contributed by atoms with van der Waals surface area (Å²) >= 11 is 0. The van der Waals surface area contributed by atoms with Crippen LogP contribution >= 0.6 is 0 Å². The number of hydrogen-bond acceptors (Lipinski definition) is 9. The van der Waals surface area contributed by atoms with Gasteiger partial charge in [0.1, 0.15) is 17.8 Å². The number of nitrogens with zero attached hydrogens (tertiary/aromatic N) is 4. The first-order valence-corrected chi connectivity index (χ1v) is 8.92. The van der Waals surface area contributed by atoms with Gasteiger partial charge in [-0.05, 0) is 12.8 Å². The van der Waals surface area contributed by atoms with Crippen molar-refractivity contribution in [3.05, 3.63) is 47.8 Å². The molecule has 1 fully saturated rings. The molecule has 0 atom stereocenters. The average Bonchev–Trinajstić information content (AvgIpc) is 3.59. The smallest absolute Gasteiger partial charge is 0.276 e. The molecule has 29 heavy (non-hydrogen) atoms. The molecule has 3 rings (SSSR count). The maximum atomic E-state index is 13.0. The van der Waals surface area contributed by atoms with Gasteiger partial charge in [-0.25, -0.2) is 19.9 Å². The molecule has 0 bridgehead atoms. The Bertz CT molecular complexity index is 955. The van der Waals surface area contributed by atoms with Crippen molar-refractivity contribution in [2.75, 3.05) is 19.4 Å². The Hall–Kier alpha value is -3.89. The number of hydrogen-bond donors (Lipinski definition) is 5. The summed E-state index contributed by atoms with van der Waals surface area (Å²) in [5.41, 5.74) is 1.08. The van der Waals surface area contributed by atoms with Gasteiger partial charge in [0, 0.05) is 26.2 Å². The predicted molar refractivity (Wildman–Crippen MR) is 106 cm³/mol. The zero-order chi connectivity index (χ0) is 20.8. The second-order valence-electron chi connectivity index (χ2n) is 6.23. The molecule has 1 aliphatic carbocycles. The molecule has 2 aromatic rings. The first kappa shape index (κ1) is 19.9. The minimum absolute atomic E-state index is 0.0115. The fourth-order valence-electron chi connectivity index (χ4n) is 2.57. The van der Waals surface area contributed by atoms with Gasteiger partial charge in [-0.3, -0.25) is 9.59 Å². The maximum Gasteiger partial charge on any atom is 0.276 e. The van der Waals surface area contributed by atoms with E-state index in [1.165, 1.54) is 26.6 Å². The minimum Gasteiger partial charge on any atom is -0.382 e. The summed E-state index contributed by atoms with van der Waals surface area (Å²) in [7, 11) is 2.98. The van der Waals surface area contributed by atoms with E-state index in [9.17, 15) is 9.59 Å². The standard InChI is InChI=1S/C18H21N9O2/c1-20-14(17(28)21-2)12(5-19)26-18(29)15-13(25-11-6-22-9-23-7-11)8-24-16(27-15)10-3-4-10/h5-10,19-20,25H,3-4H2,1-2H3,(H,21,28)(H,26,29)/b14-12+,19-5?. The van der Waals surface area contributed by atoms with Crippen molar-refractivity contribution in [2.24, 2.45) is 0 Å². The van der Waals surface area contributed by atoms with Crippen molar-refractivity contribution in [1.29, 1.82) is 5.41 Å². The number of likely N-dealkylation sites (N-methyl/N-ethyl adjacent to an activating group) is 2. The molecule has 11 heteroatoms. The number of anilines is 2. The number of amides is 2. The van der Waals surface area contributed by atoms with Gasteiger partial charge >= 0.3 is 0 Å². The summed E-state index contributed by atoms with van der Waals surface area (Å²) in [6, 6.07) is 0. The van der Waals surface area contributed by atoms with Crippen molar-refractivity contribution in [2.45, 2.75) is 18.8 Å². The van der Waals surface area contributed by atoms with Gasteiger partial charge in [0.2, 0.25) is 0 Å². The number of aromatic nitrogens is 4. The summed E-state index contributed by atoms with van der Waals surface area (Å²) in [6.45, 7) is 0. The highest BCUT2D eigenvalue weighted by Crippen LogP contribution is 2.38. The van der Waals surface area contributed by atoms with Crippen LogP contribution in [0.5, 0.6) is 0 Å². The zero-order valence-corrected chi connectivity index (χ0v) is 16.0. The molecule has 1 saturated carbocycles. The van der Waals surface area contributed by atoms with Crippen LogP contribution in [0.15, 0.2) is 36.3 Å². The lowest BCUT2D eigenvalue weighted by Gasteiger charge is -2.14. The molecular formula is C18H21N9O2. The molecule has 2 aromatic heterocycles. The molecule has 1 aliphatic rings. The Morgan fingerprint density at radius 2 is 1.86 bits per heavy atom. The normalized spacial score (nSPS) is 13.7. The van der Waals surface area contributed by atoms with E-state index in [-0.39, 0.29) is 23.0 Å². The second-order valence-corrected chi connectivity index (χ2v) is 6.23. The zero-order valence-electron chi connectivity index (χ0n) is 16.0. The Balaban J connectivity index is 1.95. The van der Waals surface area contributed by atoms with Crippen LogP contribution in [0.4, 0.5) is 11.4 Å². The Labute approximate surface area is 167 Å². The van der Waals surface area contributed by atoms with Crippen LogP contribution in [0.25, 0.3) is 0 Å². The van der Waals surface area contributed by atoms with Crippen molar-refractivity contribution in [3.8, 4) is 0 Å². The van der Waals surface area contributed by atoms with Gasteiger partial charge in [-0.1, -0.05) is 0 Å². The number of carbonyl (C=O) groups excluding carboxylic acids is 2. The molecule has 0 aliphatic heterocycles. The first-order valence-electron chi connectivity index (χ1n) is 8.92. The molecule has 2 amide bonds. The predicted octanol–water partition coefficient (Wildman–Crippen LogP) is 0.444. The number of allylic oxidation sites excluding steroid dienone is 1. The minimum atomic E-state index is -0.580. The maximum absolute atomic E-state index is 13.0. The second kappa shape index (κ2) is 8.87. The summed E-state index contributed by atoms with van der Waals surface area (Å²) in [5.74, 6) is -0.214. The van der Waals surface area contributed by atoms with E-state index in [4.69, 9.17) is 5.41 Å². The quantitative estimate of drug-likeness (QED) is 0.318. The highest BCUT2D eigenvalue weighted by atomic mass is 16.2. The van der Waals surface area contributed by atoms with Crippen molar-refractivity contribution in [1.82, 2.24) is 35.9 Å². The number of rotatable bonds is 8. The summed E-state index contributed by atoms with van der Waals surface area (Å²) < 4.78 is 0. The van der Waals surface area contributed by atoms with Gasteiger partial charge in [-0.15, -0.1) is 0 Å². The van der Waals surface area contributed by atoms with Gasteiger partial charge in [-0.2, -0.15) is 0 Å². The van der Waals surface area contributed by atoms with E-state index in [0.29, 0.717) is 17.2 Å². The van der Waals surface area contributed by atoms with Crippen LogP contribution in [0, 0.1) is 5.41 Å². The van der Waals surface area contributed by atoms with Gasteiger partial charge in [0.25, 0.3) is 11.8 Å². The topological polar surface area (TPSA) is 158 Å². The largest absolute Gasteiger partial charge is 0.382 e. The van der Waals surface area contributed by atoms with Crippen molar-refractivity contribution < 1.29 is 9.59 Å². The third-order valence-corrected chi connectivity index (χ3v) is 4.17. The molecule has 2 heterocycles. The van der Waals surface area contributed by atoms with Gasteiger partial charge in [0.05, 0.1) is 35.7 Å². The fourth-order valence-corrected chi connectivity index (χ4v) is 2.57. The molecule has 0 radical (unpaired) electrons. The Morgan fingerprint density at radius 1 is 1.14 bits per heavy atom. The highest BCUT2D eigenvalue weighted by Gasteiger charge is 2.28. The van der Waals surface area contributed by atoms with Crippen molar-refractivity contribution >= 4 is 29.4 Å². The van der Waals surface area contributed by atoms with E-state index in [0.717, 1.165) is 19.1 Å². The summed E-state index contributed by atoms with van der Waals surface area (Å²) in [6.07, 6.45) is 8.88. The molecular weight excluding hydrogens is 374 g/mol. The monoisotopic (exact) mass is 395 g/mol. The number of carbonyl (C=O) groups is 2. The van der Waals surface area contributed by atoms with Gasteiger partial charge in [0.15, 0.2) is 5.69 Å². The fraction of sp³-hybridized carbons (Fsp3) is 0.278. The Morgan fingerprint density at radius 3 is 2.45 bits per heavy atom. The van der Waals surface area contributed by atoms with Crippen LogP contribution in [-0.4, -0.2) is 52.1 Å². The Kier molecular flexibility index (Phi) is 6.07. The lowest BCUT2D eigenvalue weighted by Crippen LogP contribution is -2.35. The highest BCUT2D eigenvalue weighted by molar-refractivity contribution is 6.05. The van der Waals surface area contributed by atoms with E-state index < -0.39 is 11.8 Å². The third-order valence-electron chi connectivity index (χ3n) is 4.17. The third kappa shape index (κ3) is 4.69. The van der Waals surface area contributed by atoms with Crippen LogP contribution < -0.4 is 21.3 Å². The van der Waals surface area contributed by atoms with E-state index in [1.54, 1.807) is 12.4 Å². The molecule has 0 aromatic carbocycles. The van der Waals surface area contributed by atoms with Crippen LogP contribution in [-0.2, 0) is 4.79 Å². The molecule has 0 unspecified atom stereocenters. The molecule has 11 nitrogen and oxygen atoms in total. The van der Waals surface area contributed by atoms with Crippen molar-refractivity contribution in [3.63, 3.8) is 0 Å². The van der Waals surface area contributed by atoms with E-state index >= 15 is 0 Å². The first-order chi connectivity index (χ1) is 14.1. The summed E-state index contributed by atoms with van der Waals surface area (Å²) in [5, 5.41) is 18.3. The summed E-state index contributed by atoms with van der Waals surface area (Å²) in [4.78, 5) is 41.6. The van der Waals surface area contributed by atoms with Crippen LogP contribution in [0.2, 0.25) is 0 Å². The average molecular weight is 395 g/mol. The molecule has 0 saturated heterocycles. The van der Waals surface area contributed by atoms with E-state index in [2.05, 4.69) is 41.2 Å². The molecule has 150 valence electrons. The van der Waals surface area contributed by atoms with Crippen LogP contribution in [0.1, 0.15) is 35.1 Å². The molecule has 0 spiro atoms. The lowest BCUT2D eigenvalue weighted by atomic mass is 10.2. The van der Waals surface area contributed by atoms with E-state index in [1.807, 2.05) is 0 Å². The van der Waals surface area contributed by atoms with Gasteiger partial charge < -0.3 is 26.7 Å². The lowest BCUT2D eigenvalue weighted by molar-refractivity contribution is -0.117. The molecule has 5 N–H and O–H groups in total.